The van der Waals surface area contributed by atoms with Crippen LogP contribution in [0.3, 0.4) is 0 Å². The lowest BCUT2D eigenvalue weighted by Crippen LogP contribution is -2.27. The number of hydrogen-bond acceptors (Lipinski definition) is 1. The molecule has 2 N–H and O–H groups in total. The molecule has 0 amide bonds. The van der Waals surface area contributed by atoms with E-state index in [9.17, 15) is 0 Å². The fourth-order valence-corrected chi connectivity index (χ4v) is 2.98. The van der Waals surface area contributed by atoms with Gasteiger partial charge in [-0.1, -0.05) is 13.3 Å². The van der Waals surface area contributed by atoms with Crippen LogP contribution in [-0.2, 0) is 0 Å². The van der Waals surface area contributed by atoms with E-state index >= 15 is 0 Å². The first-order chi connectivity index (χ1) is 4.79. The minimum Gasteiger partial charge on any atom is -0.330 e. The molecular weight excluding hydrogens is 122 g/mol. The predicted molar refractivity (Wildman–Crippen MR) is 42.6 cm³/mol. The molecule has 3 rings (SSSR count). The number of rotatable bonds is 2. The van der Waals surface area contributed by atoms with E-state index in [4.69, 9.17) is 5.73 Å². The Morgan fingerprint density at radius 3 is 2.40 bits per heavy atom. The van der Waals surface area contributed by atoms with Gasteiger partial charge in [-0.05, 0) is 43.1 Å². The molecule has 3 aliphatic carbocycles. The van der Waals surface area contributed by atoms with Gasteiger partial charge in [-0.15, -0.1) is 0 Å². The second kappa shape index (κ2) is 1.97. The smallest absolute Gasteiger partial charge is 0.00460 e. The maximum absolute atomic E-state index is 5.66. The molecule has 0 heterocycles. The van der Waals surface area contributed by atoms with Crippen LogP contribution in [-0.4, -0.2) is 6.54 Å². The number of hydrogen-bond donors (Lipinski definition) is 1. The van der Waals surface area contributed by atoms with E-state index in [1.807, 2.05) is 0 Å². The van der Waals surface area contributed by atoms with Gasteiger partial charge in [0.2, 0.25) is 0 Å². The highest BCUT2D eigenvalue weighted by Gasteiger charge is 2.53. The molecule has 0 aromatic carbocycles. The predicted octanol–water partition coefficient (Wildman–Crippen LogP) is 1.77. The van der Waals surface area contributed by atoms with E-state index in [1.165, 1.54) is 25.7 Å². The number of fused-ring (bicyclic) bond motifs is 1. The van der Waals surface area contributed by atoms with Gasteiger partial charge in [-0.2, -0.15) is 0 Å². The summed E-state index contributed by atoms with van der Waals surface area (Å²) in [6.07, 6.45) is 5.81. The van der Waals surface area contributed by atoms with Crippen molar-refractivity contribution in [2.45, 2.75) is 32.6 Å². The van der Waals surface area contributed by atoms with Gasteiger partial charge in [0.1, 0.15) is 0 Å². The Kier molecular flexibility index (Phi) is 1.31. The molecule has 0 radical (unpaired) electrons. The van der Waals surface area contributed by atoms with E-state index in [0.717, 1.165) is 23.8 Å². The molecular formula is C9H17N. The number of nitrogens with two attached hydrogens (primary N) is 1. The van der Waals surface area contributed by atoms with Crippen molar-refractivity contribution >= 4 is 0 Å². The summed E-state index contributed by atoms with van der Waals surface area (Å²) in [6, 6.07) is 0. The first kappa shape index (κ1) is 6.66. The summed E-state index contributed by atoms with van der Waals surface area (Å²) < 4.78 is 0. The molecule has 1 nitrogen and oxygen atoms in total. The largest absolute Gasteiger partial charge is 0.330 e. The zero-order valence-electron chi connectivity index (χ0n) is 6.77. The zero-order valence-corrected chi connectivity index (χ0v) is 6.77. The lowest BCUT2D eigenvalue weighted by atomic mass is 9.68. The first-order valence-corrected chi connectivity index (χ1v) is 4.50. The van der Waals surface area contributed by atoms with Crippen LogP contribution in [0, 0.1) is 17.3 Å². The van der Waals surface area contributed by atoms with Crippen LogP contribution >= 0.6 is 0 Å². The fraction of sp³-hybridized carbons (Fsp3) is 1.00. The maximum atomic E-state index is 5.66. The third kappa shape index (κ3) is 0.672. The van der Waals surface area contributed by atoms with Crippen molar-refractivity contribution in [1.82, 2.24) is 0 Å². The van der Waals surface area contributed by atoms with E-state index < -0.39 is 0 Å². The van der Waals surface area contributed by atoms with Gasteiger partial charge in [-0.3, -0.25) is 0 Å². The van der Waals surface area contributed by atoms with Gasteiger partial charge >= 0.3 is 0 Å². The summed E-state index contributed by atoms with van der Waals surface area (Å²) in [7, 11) is 0. The normalized spacial score (nSPS) is 51.0. The molecule has 0 saturated heterocycles. The minimum absolute atomic E-state index is 0.773. The average Bonchev–Trinajstić information content (AvgIpc) is 2.38. The van der Waals surface area contributed by atoms with Crippen LogP contribution in [0.1, 0.15) is 32.6 Å². The van der Waals surface area contributed by atoms with E-state index in [2.05, 4.69) is 6.92 Å². The van der Waals surface area contributed by atoms with E-state index in [1.54, 1.807) is 0 Å². The molecule has 0 aliphatic heterocycles. The molecule has 3 fully saturated rings. The van der Waals surface area contributed by atoms with Crippen molar-refractivity contribution < 1.29 is 0 Å². The molecule has 3 aliphatic rings. The van der Waals surface area contributed by atoms with Gasteiger partial charge in [0.25, 0.3) is 0 Å². The van der Waals surface area contributed by atoms with Gasteiger partial charge in [0.05, 0.1) is 0 Å². The molecule has 58 valence electrons. The standard InChI is InChI=1S/C9H17N/c1-2-9-3-7(4-9)8(5-9)6-10/h7-8H,2-6,10H2,1H3. The molecule has 2 bridgehead atoms. The monoisotopic (exact) mass is 139 g/mol. The van der Waals surface area contributed by atoms with Crippen LogP contribution < -0.4 is 5.73 Å². The quantitative estimate of drug-likeness (QED) is 0.620. The van der Waals surface area contributed by atoms with Crippen LogP contribution in [0.5, 0.6) is 0 Å². The Morgan fingerprint density at radius 1 is 1.40 bits per heavy atom. The summed E-state index contributed by atoms with van der Waals surface area (Å²) in [5.41, 5.74) is 6.44. The fourth-order valence-electron chi connectivity index (χ4n) is 2.98. The van der Waals surface area contributed by atoms with Crippen molar-refractivity contribution in [2.24, 2.45) is 23.0 Å². The third-order valence-corrected chi connectivity index (χ3v) is 3.81. The Morgan fingerprint density at radius 2 is 2.10 bits per heavy atom. The molecule has 0 spiro atoms. The second-order valence-corrected chi connectivity index (χ2v) is 4.22. The lowest BCUT2D eigenvalue weighted by Gasteiger charge is -2.37. The second-order valence-electron chi connectivity index (χ2n) is 4.22. The van der Waals surface area contributed by atoms with E-state index in [-0.39, 0.29) is 0 Å². The van der Waals surface area contributed by atoms with Crippen molar-refractivity contribution in [3.63, 3.8) is 0 Å². The summed E-state index contributed by atoms with van der Waals surface area (Å²) in [4.78, 5) is 0. The Labute approximate surface area is 63.0 Å². The molecule has 0 aromatic rings. The Bertz CT molecular complexity index is 136. The Hall–Kier alpha value is -0.0400. The van der Waals surface area contributed by atoms with Crippen LogP contribution in [0.2, 0.25) is 0 Å². The SMILES string of the molecule is CCC12CC(CN)C(C1)C2. The Balaban J connectivity index is 2.02. The maximum Gasteiger partial charge on any atom is -0.00460 e. The average molecular weight is 139 g/mol. The zero-order chi connectivity index (χ0) is 7.19. The van der Waals surface area contributed by atoms with Crippen LogP contribution in [0.4, 0.5) is 0 Å². The molecule has 1 atom stereocenters. The summed E-state index contributed by atoms with van der Waals surface area (Å²) in [6.45, 7) is 3.27. The molecule has 0 aromatic heterocycles. The highest BCUT2D eigenvalue weighted by molar-refractivity contribution is 5.04. The summed E-state index contributed by atoms with van der Waals surface area (Å²) in [5.74, 6) is 1.91. The van der Waals surface area contributed by atoms with Gasteiger partial charge in [0, 0.05) is 0 Å². The van der Waals surface area contributed by atoms with Crippen LogP contribution in [0.15, 0.2) is 0 Å². The van der Waals surface area contributed by atoms with Crippen molar-refractivity contribution in [3.8, 4) is 0 Å². The van der Waals surface area contributed by atoms with Crippen molar-refractivity contribution in [2.75, 3.05) is 6.54 Å². The molecule has 1 unspecified atom stereocenters. The van der Waals surface area contributed by atoms with Crippen LogP contribution in [0.25, 0.3) is 0 Å². The summed E-state index contributed by atoms with van der Waals surface area (Å²) in [5, 5.41) is 0. The minimum atomic E-state index is 0.773. The third-order valence-electron chi connectivity index (χ3n) is 3.81. The van der Waals surface area contributed by atoms with Gasteiger partial charge in [0.15, 0.2) is 0 Å². The topological polar surface area (TPSA) is 26.0 Å². The van der Waals surface area contributed by atoms with Gasteiger partial charge in [-0.25, -0.2) is 0 Å². The molecule has 3 saturated carbocycles. The first-order valence-electron chi connectivity index (χ1n) is 4.50. The lowest BCUT2D eigenvalue weighted by molar-refractivity contribution is 0.134. The van der Waals surface area contributed by atoms with Crippen molar-refractivity contribution in [1.29, 1.82) is 0 Å². The highest BCUT2D eigenvalue weighted by Crippen LogP contribution is 2.62. The molecule has 10 heavy (non-hydrogen) atoms. The summed E-state index contributed by atoms with van der Waals surface area (Å²) >= 11 is 0. The highest BCUT2D eigenvalue weighted by atomic mass is 14.7. The van der Waals surface area contributed by atoms with Crippen molar-refractivity contribution in [3.05, 3.63) is 0 Å². The van der Waals surface area contributed by atoms with Gasteiger partial charge < -0.3 is 5.73 Å². The molecule has 1 heteroatoms. The van der Waals surface area contributed by atoms with E-state index in [0.29, 0.717) is 0 Å².